The van der Waals surface area contributed by atoms with E-state index in [4.69, 9.17) is 18.9 Å². The Morgan fingerprint density at radius 2 is 0.487 bits per heavy atom. The zero-order chi connectivity index (χ0) is 58.4. The maximum atomic E-state index is 7.32. The van der Waals surface area contributed by atoms with Crippen molar-refractivity contribution in [1.82, 2.24) is 31.9 Å². The van der Waals surface area contributed by atoms with Crippen molar-refractivity contribution < 1.29 is 18.9 Å². The SMILES string of the molecule is CC1(C)CC(C(CC2OCC3(CO2)COC(C(C)(C)CC(C2CC(C)(C)NC(C)(C)C2)(C2CC(C)(C)NC(C)(C)C2)C2CC(C)(C)NC(C)(C)C2)OC3)(C2CC(C)(C)NC(C)(C)C2)C2CC(C)(C)NC(C)(C)C2)CC(C)(C)N1. The van der Waals surface area contributed by atoms with Crippen LogP contribution in [-0.2, 0) is 18.9 Å². The molecule has 0 atom stereocenters. The second-order valence-electron chi connectivity index (χ2n) is 38.1. The predicted molar refractivity (Wildman–Crippen MR) is 326 cm³/mol. The van der Waals surface area contributed by atoms with Crippen LogP contribution in [0.25, 0.3) is 0 Å². The van der Waals surface area contributed by atoms with Crippen molar-refractivity contribution in [1.29, 1.82) is 0 Å². The molecule has 0 amide bonds. The highest BCUT2D eigenvalue weighted by molar-refractivity contribution is 5.17. The van der Waals surface area contributed by atoms with Crippen LogP contribution in [0, 0.1) is 57.2 Å². The summed E-state index contributed by atoms with van der Waals surface area (Å²) in [6.45, 7) is 66.7. The molecule has 78 heavy (non-hydrogen) atoms. The zero-order valence-electron chi connectivity index (χ0n) is 56.0. The number of rotatable bonds is 11. The first-order valence-corrected chi connectivity index (χ1v) is 32.1. The second-order valence-corrected chi connectivity index (χ2v) is 38.1. The molecule has 0 aromatic heterocycles. The van der Waals surface area contributed by atoms with Crippen LogP contribution in [0.15, 0.2) is 0 Å². The molecule has 8 saturated heterocycles. The van der Waals surface area contributed by atoms with Crippen molar-refractivity contribution in [3.8, 4) is 0 Å². The van der Waals surface area contributed by atoms with Gasteiger partial charge in [-0.3, -0.25) is 0 Å². The number of hydrogen-bond acceptors (Lipinski definition) is 10. The number of ether oxygens (including phenoxy) is 4. The molecule has 8 rings (SSSR count). The maximum absolute atomic E-state index is 7.32. The molecule has 0 radical (unpaired) electrons. The van der Waals surface area contributed by atoms with Gasteiger partial charge in [-0.1, -0.05) is 13.8 Å². The van der Waals surface area contributed by atoms with Gasteiger partial charge in [0, 0.05) is 78.3 Å². The van der Waals surface area contributed by atoms with E-state index < -0.39 is 0 Å². The van der Waals surface area contributed by atoms with E-state index in [0.717, 1.165) is 51.4 Å². The minimum Gasteiger partial charge on any atom is -0.352 e. The number of nitrogens with one attached hydrogen (secondary N) is 6. The first kappa shape index (κ1) is 63.6. The van der Waals surface area contributed by atoms with E-state index in [1.165, 1.54) is 38.5 Å². The van der Waals surface area contributed by atoms with Crippen molar-refractivity contribution >= 4 is 0 Å². The highest BCUT2D eigenvalue weighted by atomic mass is 16.7. The Hall–Kier alpha value is -0.400. The molecule has 454 valence electrons. The van der Waals surface area contributed by atoms with Gasteiger partial charge in [-0.2, -0.15) is 0 Å². The van der Waals surface area contributed by atoms with Crippen molar-refractivity contribution in [2.75, 3.05) is 26.4 Å². The highest BCUT2D eigenvalue weighted by Gasteiger charge is 2.64. The molecule has 0 saturated carbocycles. The van der Waals surface area contributed by atoms with Gasteiger partial charge in [0.05, 0.1) is 31.8 Å². The standard InChI is InChI=1S/C68H128N6O4/c1-53(2,40-68(48-33-60(15,16)72-61(17,18)34-48,49-35-62(19,20)73-63(21,22)36-49)50-37-64(23,24)74-65(25,26)38-50)52-77-43-66(44-78-52)41-75-51(76-42-66)39-67(45-27-54(3,4)69-55(5,6)28-45,46-29-56(7,8)70-57(9,10)30-46)47-31-58(11,12)71-59(13,14)32-47/h45-52,69-74H,27-44H2,1-26H3. The third-order valence-corrected chi connectivity index (χ3v) is 21.9. The molecular weight excluding hydrogens is 965 g/mol. The van der Waals surface area contributed by atoms with Gasteiger partial charge in [0.25, 0.3) is 0 Å². The molecule has 8 aliphatic heterocycles. The van der Waals surface area contributed by atoms with Gasteiger partial charge in [-0.05, 0) is 296 Å². The molecule has 8 heterocycles. The Labute approximate surface area is 481 Å². The monoisotopic (exact) mass is 1090 g/mol. The van der Waals surface area contributed by atoms with Crippen molar-refractivity contribution in [2.24, 2.45) is 57.2 Å². The second kappa shape index (κ2) is 20.1. The van der Waals surface area contributed by atoms with Crippen molar-refractivity contribution in [3.63, 3.8) is 0 Å². The molecule has 8 fully saturated rings. The Morgan fingerprint density at radius 3 is 0.705 bits per heavy atom. The third kappa shape index (κ3) is 14.1. The van der Waals surface area contributed by atoms with Gasteiger partial charge in [0.15, 0.2) is 12.6 Å². The van der Waals surface area contributed by atoms with Crippen LogP contribution < -0.4 is 31.9 Å². The van der Waals surface area contributed by atoms with Crippen LogP contribution in [0.2, 0.25) is 0 Å². The molecule has 0 aliphatic carbocycles. The molecule has 0 aromatic rings. The molecule has 0 aromatic carbocycles. The highest BCUT2D eigenvalue weighted by Crippen LogP contribution is 2.66. The van der Waals surface area contributed by atoms with Crippen LogP contribution in [0.3, 0.4) is 0 Å². The van der Waals surface area contributed by atoms with Gasteiger partial charge in [0.1, 0.15) is 0 Å². The Kier molecular flexibility index (Phi) is 16.4. The summed E-state index contributed by atoms with van der Waals surface area (Å²) in [5.74, 6) is 3.07. The Morgan fingerprint density at radius 1 is 0.295 bits per heavy atom. The minimum absolute atomic E-state index is 0.00896. The van der Waals surface area contributed by atoms with Gasteiger partial charge in [-0.15, -0.1) is 0 Å². The van der Waals surface area contributed by atoms with E-state index in [9.17, 15) is 0 Å². The fraction of sp³-hybridized carbons (Fsp3) is 1.00. The van der Waals surface area contributed by atoms with E-state index in [-0.39, 0.29) is 101 Å². The quantitative estimate of drug-likeness (QED) is 0.120. The van der Waals surface area contributed by atoms with E-state index in [1.54, 1.807) is 0 Å². The van der Waals surface area contributed by atoms with Crippen LogP contribution in [-0.4, -0.2) is 105 Å². The smallest absolute Gasteiger partial charge is 0.162 e. The van der Waals surface area contributed by atoms with Crippen LogP contribution in [0.5, 0.6) is 0 Å². The average molecular weight is 1090 g/mol. The van der Waals surface area contributed by atoms with Crippen LogP contribution in [0.4, 0.5) is 0 Å². The summed E-state index contributed by atoms with van der Waals surface area (Å²) in [6.07, 6.45) is 15.3. The first-order valence-electron chi connectivity index (χ1n) is 32.1. The summed E-state index contributed by atoms with van der Waals surface area (Å²) in [7, 11) is 0. The van der Waals surface area contributed by atoms with Crippen molar-refractivity contribution in [2.45, 2.75) is 349 Å². The Bertz CT molecular complexity index is 1830. The average Bonchev–Trinajstić information content (AvgIpc) is 3.16. The molecule has 10 nitrogen and oxygen atoms in total. The Balaban J connectivity index is 1.10. The van der Waals surface area contributed by atoms with E-state index >= 15 is 0 Å². The molecule has 1 spiro atoms. The minimum atomic E-state index is -0.353. The van der Waals surface area contributed by atoms with Gasteiger partial charge >= 0.3 is 0 Å². The third-order valence-electron chi connectivity index (χ3n) is 21.9. The summed E-state index contributed by atoms with van der Waals surface area (Å²) in [5.41, 5.74) is -0.449. The lowest BCUT2D eigenvalue weighted by Crippen LogP contribution is -2.69. The van der Waals surface area contributed by atoms with Gasteiger partial charge in [-0.25, -0.2) is 0 Å². The number of piperidine rings is 6. The molecule has 0 unspecified atom stereocenters. The van der Waals surface area contributed by atoms with Gasteiger partial charge in [0.2, 0.25) is 0 Å². The summed E-state index contributed by atoms with van der Waals surface area (Å²) in [6, 6.07) is 0. The van der Waals surface area contributed by atoms with E-state index in [1.807, 2.05) is 0 Å². The fourth-order valence-electron chi connectivity index (χ4n) is 22.3. The summed E-state index contributed by atoms with van der Waals surface area (Å²) in [4.78, 5) is 0. The normalized spacial score (nSPS) is 35.3. The first-order chi connectivity index (χ1) is 34.9. The lowest BCUT2D eigenvalue weighted by atomic mass is 9.44. The molecule has 0 bridgehead atoms. The molecular formula is C68H128N6O4. The maximum Gasteiger partial charge on any atom is 0.162 e. The largest absolute Gasteiger partial charge is 0.352 e. The molecule has 8 aliphatic rings. The predicted octanol–water partition coefficient (Wildman–Crippen LogP) is 13.8. The van der Waals surface area contributed by atoms with Gasteiger partial charge < -0.3 is 50.8 Å². The number of hydrogen-bond donors (Lipinski definition) is 6. The van der Waals surface area contributed by atoms with Crippen molar-refractivity contribution in [3.05, 3.63) is 0 Å². The lowest BCUT2D eigenvalue weighted by molar-refractivity contribution is -0.331. The fourth-order valence-corrected chi connectivity index (χ4v) is 22.3. The topological polar surface area (TPSA) is 109 Å². The molecule has 6 N–H and O–H groups in total. The van der Waals surface area contributed by atoms with Crippen LogP contribution in [0.1, 0.15) is 270 Å². The summed E-state index contributed by atoms with van der Waals surface area (Å²) in [5, 5.41) is 24.8. The summed E-state index contributed by atoms with van der Waals surface area (Å²) < 4.78 is 29.3. The summed E-state index contributed by atoms with van der Waals surface area (Å²) >= 11 is 0. The lowest BCUT2D eigenvalue weighted by Gasteiger charge is -2.66. The van der Waals surface area contributed by atoms with Crippen LogP contribution >= 0.6 is 0 Å². The van der Waals surface area contributed by atoms with E-state index in [0.29, 0.717) is 61.9 Å². The van der Waals surface area contributed by atoms with E-state index in [2.05, 4.69) is 212 Å². The zero-order valence-corrected chi connectivity index (χ0v) is 56.0. The molecule has 10 heteroatoms.